The molecule has 0 saturated carbocycles. The van der Waals surface area contributed by atoms with E-state index in [1.165, 1.54) is 0 Å². The Labute approximate surface area is 118 Å². The van der Waals surface area contributed by atoms with Crippen LogP contribution in [0.2, 0.25) is 0 Å². The molecular weight excluding hydrogens is 352 g/mol. The van der Waals surface area contributed by atoms with Crippen LogP contribution < -0.4 is 4.90 Å². The highest BCUT2D eigenvalue weighted by atomic mass is 79.9. The second kappa shape index (κ2) is 6.96. The van der Waals surface area contributed by atoms with Crippen LogP contribution >= 0.6 is 31.9 Å². The van der Waals surface area contributed by atoms with Gasteiger partial charge in [0.25, 0.3) is 0 Å². The molecular formula is C11H14Br2N2O2. The van der Waals surface area contributed by atoms with E-state index in [0.29, 0.717) is 13.2 Å². The molecule has 1 rings (SSSR count). The van der Waals surface area contributed by atoms with Crippen LogP contribution in [0, 0.1) is 0 Å². The maximum atomic E-state index is 11.4. The summed E-state index contributed by atoms with van der Waals surface area (Å²) in [5.41, 5.74) is 0. The van der Waals surface area contributed by atoms with Crippen molar-refractivity contribution in [1.82, 2.24) is 4.98 Å². The van der Waals surface area contributed by atoms with E-state index in [1.54, 1.807) is 13.1 Å². The van der Waals surface area contributed by atoms with Crippen molar-refractivity contribution >= 4 is 43.6 Å². The maximum Gasteiger partial charge on any atom is 0.325 e. The highest BCUT2D eigenvalue weighted by Gasteiger charge is 2.14. The number of hydrogen-bond donors (Lipinski definition) is 0. The van der Waals surface area contributed by atoms with E-state index in [2.05, 4.69) is 36.8 Å². The number of ether oxygens (including phenoxy) is 1. The predicted octanol–water partition coefficient (Wildman–Crippen LogP) is 3.00. The average Bonchev–Trinajstić information content (AvgIpc) is 2.27. The lowest BCUT2D eigenvalue weighted by atomic mass is 10.4. The standard InChI is InChI=1S/C11H14Br2N2O2/c1-3-15(7-10(16)17-4-2)11-9(13)5-8(12)6-14-11/h5-6H,3-4,7H2,1-2H3. The molecule has 0 atom stereocenters. The Morgan fingerprint density at radius 1 is 1.47 bits per heavy atom. The quantitative estimate of drug-likeness (QED) is 0.752. The number of rotatable bonds is 5. The largest absolute Gasteiger partial charge is 0.465 e. The van der Waals surface area contributed by atoms with E-state index in [0.717, 1.165) is 14.8 Å². The summed E-state index contributed by atoms with van der Waals surface area (Å²) in [5.74, 6) is 0.495. The molecule has 6 heteroatoms. The number of nitrogens with zero attached hydrogens (tertiary/aromatic N) is 2. The first-order chi connectivity index (χ1) is 8.08. The van der Waals surface area contributed by atoms with E-state index >= 15 is 0 Å². The van der Waals surface area contributed by atoms with Crippen molar-refractivity contribution in [3.63, 3.8) is 0 Å². The summed E-state index contributed by atoms with van der Waals surface area (Å²) < 4.78 is 6.66. The van der Waals surface area contributed by atoms with Gasteiger partial charge in [0.05, 0.1) is 11.1 Å². The third-order valence-electron chi connectivity index (χ3n) is 2.09. The maximum absolute atomic E-state index is 11.4. The van der Waals surface area contributed by atoms with Crippen molar-refractivity contribution in [2.24, 2.45) is 0 Å². The molecule has 1 heterocycles. The van der Waals surface area contributed by atoms with Gasteiger partial charge in [-0.15, -0.1) is 0 Å². The summed E-state index contributed by atoms with van der Waals surface area (Å²) in [5, 5.41) is 0. The Kier molecular flexibility index (Phi) is 5.91. The minimum Gasteiger partial charge on any atom is -0.465 e. The topological polar surface area (TPSA) is 42.4 Å². The van der Waals surface area contributed by atoms with Crippen molar-refractivity contribution in [2.45, 2.75) is 13.8 Å². The number of aromatic nitrogens is 1. The van der Waals surface area contributed by atoms with Crippen LogP contribution in [0.4, 0.5) is 5.82 Å². The minimum atomic E-state index is -0.244. The van der Waals surface area contributed by atoms with Crippen LogP contribution in [0.25, 0.3) is 0 Å². The van der Waals surface area contributed by atoms with Gasteiger partial charge < -0.3 is 9.64 Å². The van der Waals surface area contributed by atoms with Gasteiger partial charge in [-0.3, -0.25) is 4.79 Å². The molecule has 4 nitrogen and oxygen atoms in total. The summed E-state index contributed by atoms with van der Waals surface area (Å²) in [6, 6.07) is 1.90. The Balaban J connectivity index is 2.82. The number of halogens is 2. The third-order valence-corrected chi connectivity index (χ3v) is 3.11. The number of hydrogen-bond acceptors (Lipinski definition) is 4. The fraction of sp³-hybridized carbons (Fsp3) is 0.455. The fourth-order valence-electron chi connectivity index (χ4n) is 1.34. The van der Waals surface area contributed by atoms with Gasteiger partial charge in [-0.05, 0) is 51.8 Å². The second-order valence-electron chi connectivity index (χ2n) is 3.28. The normalized spacial score (nSPS) is 10.1. The number of carbonyl (C=O) groups is 1. The molecule has 0 aromatic carbocycles. The molecule has 0 saturated heterocycles. The van der Waals surface area contributed by atoms with Crippen LogP contribution in [0.3, 0.4) is 0 Å². The fourth-order valence-corrected chi connectivity index (χ4v) is 2.58. The molecule has 0 aliphatic rings. The number of likely N-dealkylation sites (N-methyl/N-ethyl adjacent to an activating group) is 1. The SMILES string of the molecule is CCOC(=O)CN(CC)c1ncc(Br)cc1Br. The first-order valence-electron chi connectivity index (χ1n) is 5.30. The lowest BCUT2D eigenvalue weighted by molar-refractivity contribution is -0.141. The van der Waals surface area contributed by atoms with Crippen LogP contribution in [0.5, 0.6) is 0 Å². The number of esters is 1. The van der Waals surface area contributed by atoms with E-state index in [4.69, 9.17) is 4.74 Å². The lowest BCUT2D eigenvalue weighted by Crippen LogP contribution is -2.31. The molecule has 94 valence electrons. The molecule has 0 amide bonds. The van der Waals surface area contributed by atoms with Gasteiger partial charge in [0, 0.05) is 17.2 Å². The molecule has 0 aliphatic carbocycles. The molecule has 0 aliphatic heterocycles. The molecule has 0 unspecified atom stereocenters. The third kappa shape index (κ3) is 4.27. The summed E-state index contributed by atoms with van der Waals surface area (Å²) in [6.07, 6.45) is 1.70. The van der Waals surface area contributed by atoms with Crippen LogP contribution in [-0.4, -0.2) is 30.6 Å². The van der Waals surface area contributed by atoms with Crippen molar-refractivity contribution in [1.29, 1.82) is 0 Å². The molecule has 0 radical (unpaired) electrons. The molecule has 17 heavy (non-hydrogen) atoms. The molecule has 0 bridgehead atoms. The highest BCUT2D eigenvalue weighted by molar-refractivity contribution is 9.11. The van der Waals surface area contributed by atoms with E-state index in [1.807, 2.05) is 17.9 Å². The zero-order valence-corrected chi connectivity index (χ0v) is 12.9. The van der Waals surface area contributed by atoms with E-state index in [9.17, 15) is 4.79 Å². The first-order valence-corrected chi connectivity index (χ1v) is 6.88. The molecule has 0 N–H and O–H groups in total. The second-order valence-corrected chi connectivity index (χ2v) is 5.05. The Morgan fingerprint density at radius 2 is 2.18 bits per heavy atom. The number of carbonyl (C=O) groups excluding carboxylic acids is 1. The van der Waals surface area contributed by atoms with Crippen molar-refractivity contribution in [2.75, 3.05) is 24.6 Å². The van der Waals surface area contributed by atoms with E-state index < -0.39 is 0 Å². The van der Waals surface area contributed by atoms with E-state index in [-0.39, 0.29) is 12.5 Å². The summed E-state index contributed by atoms with van der Waals surface area (Å²) in [4.78, 5) is 17.6. The van der Waals surface area contributed by atoms with Crippen LogP contribution in [0.15, 0.2) is 21.2 Å². The van der Waals surface area contributed by atoms with Crippen LogP contribution in [0.1, 0.15) is 13.8 Å². The van der Waals surface area contributed by atoms with Gasteiger partial charge in [-0.2, -0.15) is 0 Å². The zero-order valence-electron chi connectivity index (χ0n) is 9.74. The summed E-state index contributed by atoms with van der Waals surface area (Å²) >= 11 is 6.77. The molecule has 0 fully saturated rings. The zero-order chi connectivity index (χ0) is 12.8. The minimum absolute atomic E-state index is 0.206. The van der Waals surface area contributed by atoms with Crippen molar-refractivity contribution < 1.29 is 9.53 Å². The molecule has 1 aromatic heterocycles. The Hall–Kier alpha value is -0.620. The Morgan fingerprint density at radius 3 is 2.71 bits per heavy atom. The van der Waals surface area contributed by atoms with Crippen molar-refractivity contribution in [3.05, 3.63) is 21.2 Å². The van der Waals surface area contributed by atoms with Gasteiger partial charge in [-0.1, -0.05) is 0 Å². The Bertz CT molecular complexity index is 399. The summed E-state index contributed by atoms with van der Waals surface area (Å²) in [7, 11) is 0. The number of anilines is 1. The van der Waals surface area contributed by atoms with Gasteiger partial charge in [0.1, 0.15) is 12.4 Å². The molecule has 1 aromatic rings. The molecule has 0 spiro atoms. The van der Waals surface area contributed by atoms with Gasteiger partial charge >= 0.3 is 5.97 Å². The lowest BCUT2D eigenvalue weighted by Gasteiger charge is -2.21. The van der Waals surface area contributed by atoms with Gasteiger partial charge in [-0.25, -0.2) is 4.98 Å². The summed E-state index contributed by atoms with van der Waals surface area (Å²) in [6.45, 7) is 5.05. The smallest absolute Gasteiger partial charge is 0.325 e. The predicted molar refractivity (Wildman–Crippen MR) is 74.2 cm³/mol. The van der Waals surface area contributed by atoms with Crippen LogP contribution in [-0.2, 0) is 9.53 Å². The van der Waals surface area contributed by atoms with Gasteiger partial charge in [0.2, 0.25) is 0 Å². The first kappa shape index (κ1) is 14.4. The van der Waals surface area contributed by atoms with Crippen molar-refractivity contribution in [3.8, 4) is 0 Å². The highest BCUT2D eigenvalue weighted by Crippen LogP contribution is 2.26. The average molecular weight is 366 g/mol. The number of pyridine rings is 1. The monoisotopic (exact) mass is 364 g/mol. The van der Waals surface area contributed by atoms with Gasteiger partial charge in [0.15, 0.2) is 0 Å².